The first kappa shape index (κ1) is 14.8. The van der Waals surface area contributed by atoms with Crippen molar-refractivity contribution in [3.63, 3.8) is 0 Å². The van der Waals surface area contributed by atoms with Gasteiger partial charge in [0, 0.05) is 32.1 Å². The summed E-state index contributed by atoms with van der Waals surface area (Å²) in [5.41, 5.74) is 1.72. The van der Waals surface area contributed by atoms with Crippen molar-refractivity contribution in [1.82, 2.24) is 15.2 Å². The summed E-state index contributed by atoms with van der Waals surface area (Å²) >= 11 is 0. The molecule has 1 aliphatic rings. The van der Waals surface area contributed by atoms with E-state index >= 15 is 0 Å². The molecule has 1 aromatic carbocycles. The molecular formula is C16H21N3O3. The summed E-state index contributed by atoms with van der Waals surface area (Å²) < 4.78 is 10.7. The molecular weight excluding hydrogens is 282 g/mol. The topological polar surface area (TPSA) is 67.6 Å². The fourth-order valence-corrected chi connectivity index (χ4v) is 2.72. The third kappa shape index (κ3) is 3.39. The maximum Gasteiger partial charge on any atom is 0.409 e. The highest BCUT2D eigenvalue weighted by Crippen LogP contribution is 2.15. The maximum absolute atomic E-state index is 11.6. The van der Waals surface area contributed by atoms with Gasteiger partial charge in [0.2, 0.25) is 0 Å². The average molecular weight is 303 g/mol. The normalized spacial score (nSPS) is 18.0. The van der Waals surface area contributed by atoms with E-state index in [-0.39, 0.29) is 6.09 Å². The van der Waals surface area contributed by atoms with Crippen molar-refractivity contribution in [3.05, 3.63) is 30.2 Å². The Labute approximate surface area is 129 Å². The van der Waals surface area contributed by atoms with Crippen LogP contribution >= 0.6 is 0 Å². The van der Waals surface area contributed by atoms with Gasteiger partial charge in [-0.05, 0) is 25.5 Å². The van der Waals surface area contributed by atoms with Crippen molar-refractivity contribution in [3.8, 4) is 0 Å². The number of ether oxygens (including phenoxy) is 1. The molecule has 3 rings (SSSR count). The zero-order valence-electron chi connectivity index (χ0n) is 12.7. The molecule has 2 aromatic rings. The van der Waals surface area contributed by atoms with Crippen LogP contribution in [0.5, 0.6) is 0 Å². The molecule has 0 saturated carbocycles. The van der Waals surface area contributed by atoms with Crippen molar-refractivity contribution in [1.29, 1.82) is 0 Å². The Morgan fingerprint density at radius 3 is 3.18 bits per heavy atom. The fourth-order valence-electron chi connectivity index (χ4n) is 2.72. The summed E-state index contributed by atoms with van der Waals surface area (Å²) in [5.74, 6) is 0.744. The Hall–Kier alpha value is -2.08. The Morgan fingerprint density at radius 2 is 2.36 bits per heavy atom. The van der Waals surface area contributed by atoms with Gasteiger partial charge >= 0.3 is 6.09 Å². The number of hydrogen-bond donors (Lipinski definition) is 1. The lowest BCUT2D eigenvalue weighted by atomic mass is 10.2. The van der Waals surface area contributed by atoms with Gasteiger partial charge < -0.3 is 19.4 Å². The lowest BCUT2D eigenvalue weighted by Crippen LogP contribution is -2.36. The molecule has 1 amide bonds. The third-order valence-corrected chi connectivity index (χ3v) is 3.82. The highest BCUT2D eigenvalue weighted by atomic mass is 16.6. The molecule has 2 heterocycles. The first-order valence-electron chi connectivity index (χ1n) is 7.76. The van der Waals surface area contributed by atoms with Crippen LogP contribution in [0.2, 0.25) is 0 Å². The third-order valence-electron chi connectivity index (χ3n) is 3.82. The molecule has 0 bridgehead atoms. The molecule has 1 aliphatic heterocycles. The maximum atomic E-state index is 11.6. The number of nitrogens with one attached hydrogen (secondary N) is 1. The van der Waals surface area contributed by atoms with Crippen LogP contribution in [0.25, 0.3) is 11.1 Å². The molecule has 6 heteroatoms. The van der Waals surface area contributed by atoms with Crippen LogP contribution in [0.15, 0.2) is 28.7 Å². The van der Waals surface area contributed by atoms with Crippen LogP contribution in [-0.2, 0) is 11.2 Å². The van der Waals surface area contributed by atoms with Gasteiger partial charge in [0.05, 0.1) is 6.61 Å². The molecule has 1 aromatic heterocycles. The summed E-state index contributed by atoms with van der Waals surface area (Å²) in [7, 11) is 0. The summed E-state index contributed by atoms with van der Waals surface area (Å²) in [6, 6.07) is 8.08. The predicted molar refractivity (Wildman–Crippen MR) is 82.7 cm³/mol. The van der Waals surface area contributed by atoms with Gasteiger partial charge in [-0.15, -0.1) is 0 Å². The van der Waals surface area contributed by atoms with E-state index in [1.54, 1.807) is 4.90 Å². The number of benzene rings is 1. The summed E-state index contributed by atoms with van der Waals surface area (Å²) in [4.78, 5) is 17.8. The van der Waals surface area contributed by atoms with Gasteiger partial charge in [0.15, 0.2) is 11.5 Å². The van der Waals surface area contributed by atoms with Gasteiger partial charge in [-0.3, -0.25) is 0 Å². The number of oxazole rings is 1. The minimum atomic E-state index is -0.217. The zero-order chi connectivity index (χ0) is 15.4. The predicted octanol–water partition coefficient (Wildman–Crippen LogP) is 2.19. The molecule has 6 nitrogen and oxygen atoms in total. The minimum absolute atomic E-state index is 0.217. The molecule has 0 spiro atoms. The largest absolute Gasteiger partial charge is 0.450 e. The smallest absolute Gasteiger partial charge is 0.409 e. The SMILES string of the molecule is CCOC(=O)N1CC[C@@H](NCCc2nc3ccccc3o2)C1. The lowest BCUT2D eigenvalue weighted by Gasteiger charge is -2.16. The van der Waals surface area contributed by atoms with Crippen LogP contribution in [0, 0.1) is 0 Å². The van der Waals surface area contributed by atoms with Crippen LogP contribution in [-0.4, -0.2) is 48.3 Å². The van der Waals surface area contributed by atoms with Gasteiger partial charge in [-0.2, -0.15) is 0 Å². The molecule has 1 fully saturated rings. The first-order chi connectivity index (χ1) is 10.8. The highest BCUT2D eigenvalue weighted by molar-refractivity contribution is 5.72. The van der Waals surface area contributed by atoms with E-state index in [0.717, 1.165) is 42.9 Å². The summed E-state index contributed by atoms with van der Waals surface area (Å²) in [6.45, 7) is 4.48. The molecule has 1 N–H and O–H groups in total. The summed E-state index contributed by atoms with van der Waals surface area (Å²) in [5, 5.41) is 3.45. The van der Waals surface area contributed by atoms with Crippen LogP contribution in [0.4, 0.5) is 4.79 Å². The Bertz CT molecular complexity index is 607. The number of rotatable bonds is 5. The molecule has 0 aliphatic carbocycles. The van der Waals surface area contributed by atoms with Crippen molar-refractivity contribution < 1.29 is 13.9 Å². The molecule has 1 saturated heterocycles. The molecule has 0 radical (unpaired) electrons. The number of amides is 1. The van der Waals surface area contributed by atoms with Gasteiger partial charge in [-0.1, -0.05) is 12.1 Å². The van der Waals surface area contributed by atoms with Crippen molar-refractivity contribution in [2.24, 2.45) is 0 Å². The number of carbonyl (C=O) groups is 1. The van der Waals surface area contributed by atoms with E-state index in [1.165, 1.54) is 0 Å². The average Bonchev–Trinajstić information content (AvgIpc) is 3.13. The van der Waals surface area contributed by atoms with Gasteiger partial charge in [-0.25, -0.2) is 9.78 Å². The molecule has 1 atom stereocenters. The molecule has 0 unspecified atom stereocenters. The van der Waals surface area contributed by atoms with Crippen molar-refractivity contribution >= 4 is 17.2 Å². The van der Waals surface area contributed by atoms with Crippen LogP contribution < -0.4 is 5.32 Å². The second-order valence-electron chi connectivity index (χ2n) is 5.41. The van der Waals surface area contributed by atoms with E-state index in [9.17, 15) is 4.79 Å². The van der Waals surface area contributed by atoms with E-state index in [2.05, 4.69) is 10.3 Å². The first-order valence-corrected chi connectivity index (χ1v) is 7.76. The number of para-hydroxylation sites is 2. The van der Waals surface area contributed by atoms with E-state index in [1.807, 2.05) is 31.2 Å². The van der Waals surface area contributed by atoms with Gasteiger partial charge in [0.25, 0.3) is 0 Å². The van der Waals surface area contributed by atoms with Crippen molar-refractivity contribution in [2.75, 3.05) is 26.2 Å². The second kappa shape index (κ2) is 6.79. The van der Waals surface area contributed by atoms with Crippen molar-refractivity contribution in [2.45, 2.75) is 25.8 Å². The Morgan fingerprint density at radius 1 is 1.50 bits per heavy atom. The molecule has 22 heavy (non-hydrogen) atoms. The van der Waals surface area contributed by atoms with Gasteiger partial charge in [0.1, 0.15) is 5.52 Å². The summed E-state index contributed by atoms with van der Waals surface area (Å²) in [6.07, 6.45) is 1.47. The zero-order valence-corrected chi connectivity index (χ0v) is 12.7. The monoisotopic (exact) mass is 303 g/mol. The number of aromatic nitrogens is 1. The van der Waals surface area contributed by atoms with E-state index in [4.69, 9.17) is 9.15 Å². The number of carbonyl (C=O) groups excluding carboxylic acids is 1. The number of hydrogen-bond acceptors (Lipinski definition) is 5. The molecule has 118 valence electrons. The van der Waals surface area contributed by atoms with Crippen LogP contribution in [0.1, 0.15) is 19.2 Å². The quantitative estimate of drug-likeness (QED) is 0.917. The Balaban J connectivity index is 1.44. The van der Waals surface area contributed by atoms with E-state index < -0.39 is 0 Å². The highest BCUT2D eigenvalue weighted by Gasteiger charge is 2.26. The second-order valence-corrected chi connectivity index (χ2v) is 5.41. The number of likely N-dealkylation sites (tertiary alicyclic amines) is 1. The van der Waals surface area contributed by atoms with Crippen LogP contribution in [0.3, 0.4) is 0 Å². The minimum Gasteiger partial charge on any atom is -0.450 e. The Kier molecular flexibility index (Phi) is 4.58. The lowest BCUT2D eigenvalue weighted by molar-refractivity contribution is 0.115. The standard InChI is InChI=1S/C16H21N3O3/c1-2-21-16(20)19-10-8-12(11-19)17-9-7-15-18-13-5-3-4-6-14(13)22-15/h3-6,12,17H,2,7-11H2,1H3/t12-/m1/s1. The number of fused-ring (bicyclic) bond motifs is 1. The van der Waals surface area contributed by atoms with E-state index in [0.29, 0.717) is 19.2 Å². The number of nitrogens with zero attached hydrogens (tertiary/aromatic N) is 2. The fraction of sp³-hybridized carbons (Fsp3) is 0.500.